The first-order valence-electron chi connectivity index (χ1n) is 13.0. The summed E-state index contributed by atoms with van der Waals surface area (Å²) < 4.78 is 244. The van der Waals surface area contributed by atoms with Gasteiger partial charge in [-0.3, -0.25) is 10.6 Å². The zero-order chi connectivity index (χ0) is 40.1. The predicted octanol–water partition coefficient (Wildman–Crippen LogP) is 10.6. The van der Waals surface area contributed by atoms with E-state index in [1.807, 2.05) is 5.32 Å². The van der Waals surface area contributed by atoms with Crippen molar-refractivity contribution in [3.8, 4) is 5.75 Å². The van der Waals surface area contributed by atoms with Crippen molar-refractivity contribution in [2.45, 2.75) is 101 Å². The van der Waals surface area contributed by atoms with E-state index in [2.05, 4.69) is 10.1 Å². The number of rotatable bonds is 10. The second kappa shape index (κ2) is 13.3. The summed E-state index contributed by atoms with van der Waals surface area (Å²) in [5, 5.41) is 3.99. The minimum absolute atomic E-state index is 0.331. The molecular weight excluding hydrogens is 743 g/mol. The lowest BCUT2D eigenvalue weighted by Gasteiger charge is -2.41. The van der Waals surface area contributed by atoms with Gasteiger partial charge < -0.3 is 14.2 Å². The van der Waals surface area contributed by atoms with E-state index in [0.29, 0.717) is 12.1 Å². The predicted molar refractivity (Wildman–Crippen MR) is 136 cm³/mol. The molecule has 0 spiro atoms. The van der Waals surface area contributed by atoms with E-state index in [0.717, 1.165) is 6.92 Å². The van der Waals surface area contributed by atoms with Crippen molar-refractivity contribution in [2.75, 3.05) is 10.6 Å². The molecule has 2 amide bonds. The third-order valence-electron chi connectivity index (χ3n) is 5.56. The van der Waals surface area contributed by atoms with E-state index in [4.69, 9.17) is 9.47 Å². The topological polar surface area (TPSA) is 85.9 Å². The average Bonchev–Trinajstić information content (AvgIpc) is 2.87. The second-order valence-corrected chi connectivity index (χ2v) is 12.1. The quantitative estimate of drug-likeness (QED) is 0.183. The number of benzene rings is 1. The second-order valence-electron chi connectivity index (χ2n) is 12.1. The molecule has 1 rings (SSSR count). The number of hydrogen-bond donors (Lipinski definition) is 2. The molecule has 0 aromatic heterocycles. The number of nitrogens with one attached hydrogen (secondary N) is 2. The number of ether oxygens (including phenoxy) is 3. The molecule has 0 heterocycles. The van der Waals surface area contributed by atoms with Crippen LogP contribution in [0.15, 0.2) is 24.0 Å². The number of alkyl halides is 15. The van der Waals surface area contributed by atoms with Crippen molar-refractivity contribution in [3.63, 3.8) is 0 Å². The Kier molecular flexibility index (Phi) is 11.8. The van der Waals surface area contributed by atoms with Gasteiger partial charge in [-0.1, -0.05) is 0 Å². The molecule has 0 fully saturated rings. The van der Waals surface area contributed by atoms with Gasteiger partial charge in [0, 0.05) is 6.07 Å². The summed E-state index contributed by atoms with van der Waals surface area (Å²) in [6.45, 7) is 9.06. The lowest BCUT2D eigenvalue weighted by atomic mass is 9.91. The largest absolute Gasteiger partial charge is 0.460 e. The average molecular weight is 768 g/mol. The minimum atomic E-state index is -8.74. The summed E-state index contributed by atoms with van der Waals surface area (Å²) in [7, 11) is 0. The first kappa shape index (κ1) is 44.1. The number of halogens is 17. The molecule has 2 N–H and O–H groups in total. The molecule has 1 aromatic carbocycles. The van der Waals surface area contributed by atoms with Crippen molar-refractivity contribution in [3.05, 3.63) is 29.5 Å². The molecule has 7 nitrogen and oxygen atoms in total. The van der Waals surface area contributed by atoms with Crippen molar-refractivity contribution in [1.82, 2.24) is 0 Å². The Morgan fingerprint density at radius 3 is 1.26 bits per heavy atom. The van der Waals surface area contributed by atoms with Crippen LogP contribution in [0, 0.1) is 6.92 Å². The fraction of sp³-hybridized carbons (Fsp3) is 0.615. The zero-order valence-corrected chi connectivity index (χ0v) is 26.1. The van der Waals surface area contributed by atoms with E-state index in [-0.39, 0.29) is 0 Å². The summed E-state index contributed by atoms with van der Waals surface area (Å²) in [4.78, 5) is 24.5. The van der Waals surface area contributed by atoms with Gasteiger partial charge in [-0.2, -0.15) is 74.6 Å². The molecule has 24 heteroatoms. The number of carbonyl (C=O) groups is 2. The van der Waals surface area contributed by atoms with Crippen LogP contribution in [0.2, 0.25) is 0 Å². The number of amides is 2. The maximum Gasteiger partial charge on any atom is 0.460 e. The Bertz CT molecular complexity index is 1480. The Hall–Kier alpha value is -3.89. The summed E-state index contributed by atoms with van der Waals surface area (Å²) >= 11 is 0. The van der Waals surface area contributed by atoms with Crippen LogP contribution in [0.4, 0.5) is 95.6 Å². The van der Waals surface area contributed by atoms with Gasteiger partial charge in [-0.05, 0) is 60.1 Å². The van der Waals surface area contributed by atoms with Gasteiger partial charge in [0.05, 0.1) is 11.4 Å². The van der Waals surface area contributed by atoms with E-state index in [1.165, 1.54) is 41.5 Å². The van der Waals surface area contributed by atoms with Crippen molar-refractivity contribution < 1.29 is 98.4 Å². The molecule has 0 aliphatic carbocycles. The number of aryl methyl sites for hydroxylation is 1. The molecule has 0 bridgehead atoms. The van der Waals surface area contributed by atoms with Crippen LogP contribution in [0.5, 0.6) is 5.75 Å². The molecule has 0 radical (unpaired) electrons. The van der Waals surface area contributed by atoms with Crippen LogP contribution < -0.4 is 15.4 Å². The van der Waals surface area contributed by atoms with Crippen molar-refractivity contribution in [1.29, 1.82) is 0 Å². The Labute approximate surface area is 270 Å². The first-order valence-corrected chi connectivity index (χ1v) is 13.0. The fourth-order valence-corrected chi connectivity index (χ4v) is 3.20. The molecule has 0 saturated carbocycles. The van der Waals surface area contributed by atoms with Crippen LogP contribution >= 0.6 is 0 Å². The van der Waals surface area contributed by atoms with Gasteiger partial charge in [0.1, 0.15) is 17.0 Å². The minimum Gasteiger partial charge on any atom is -0.444 e. The number of anilines is 2. The highest BCUT2D eigenvalue weighted by Gasteiger charge is 2.94. The van der Waals surface area contributed by atoms with Crippen LogP contribution in [-0.4, -0.2) is 65.1 Å². The van der Waals surface area contributed by atoms with Crippen LogP contribution in [-0.2, 0) is 9.47 Å². The molecule has 0 aliphatic rings. The van der Waals surface area contributed by atoms with E-state index in [1.54, 1.807) is 0 Å². The highest BCUT2D eigenvalue weighted by atomic mass is 19.4. The molecule has 50 heavy (non-hydrogen) atoms. The normalized spacial score (nSPS) is 14.9. The summed E-state index contributed by atoms with van der Waals surface area (Å²) in [5.74, 6) is -56.3. The maximum atomic E-state index is 14.5. The third-order valence-corrected chi connectivity index (χ3v) is 5.56. The van der Waals surface area contributed by atoms with Crippen LogP contribution in [0.3, 0.4) is 0 Å². The summed E-state index contributed by atoms with van der Waals surface area (Å²) in [6.07, 6.45) is -10.5. The molecule has 1 aromatic rings. The Morgan fingerprint density at radius 1 is 0.560 bits per heavy atom. The number of hydrogen-bond acceptors (Lipinski definition) is 5. The van der Waals surface area contributed by atoms with Crippen LogP contribution in [0.1, 0.15) is 47.1 Å². The number of allylic oxidation sites excluding steroid dienone is 1. The lowest BCUT2D eigenvalue weighted by molar-refractivity contribution is -0.451. The van der Waals surface area contributed by atoms with Gasteiger partial charge in [-0.15, -0.1) is 0 Å². The Balaban J connectivity index is 3.75. The van der Waals surface area contributed by atoms with Gasteiger partial charge in [0.25, 0.3) is 0 Å². The SMILES string of the molecule is Cc1cc(NC(=O)OC(C)(C)C)c(NC(=O)OC(C)(C)C)cc1OC(F)=C(F)C(F)(F)C(F)(F)C(F)(F)C(F)(F)C(F)(F)C(F)(F)C(F)(F)F. The van der Waals surface area contributed by atoms with E-state index in [9.17, 15) is 84.2 Å². The number of carbonyl (C=O) groups excluding carboxylic acids is 2. The lowest BCUT2D eigenvalue weighted by Crippen LogP contribution is -2.72. The molecule has 0 unspecified atom stereocenters. The molecule has 0 saturated heterocycles. The Morgan fingerprint density at radius 2 is 0.900 bits per heavy atom. The maximum absolute atomic E-state index is 14.5. The summed E-state index contributed by atoms with van der Waals surface area (Å²) in [6, 6.07) is -2.69. The van der Waals surface area contributed by atoms with Crippen LogP contribution in [0.25, 0.3) is 0 Å². The molecule has 288 valence electrons. The van der Waals surface area contributed by atoms with Gasteiger partial charge in [0.2, 0.25) is 5.83 Å². The fourth-order valence-electron chi connectivity index (χ4n) is 3.20. The highest BCUT2D eigenvalue weighted by molar-refractivity contribution is 5.96. The first-order chi connectivity index (χ1) is 21.8. The van der Waals surface area contributed by atoms with E-state index < -0.39 is 99.6 Å². The monoisotopic (exact) mass is 768 g/mol. The molecular formula is C26H25F17N2O5. The van der Waals surface area contributed by atoms with E-state index >= 15 is 0 Å². The molecule has 0 aliphatic heterocycles. The van der Waals surface area contributed by atoms with Gasteiger partial charge >= 0.3 is 59.9 Å². The van der Waals surface area contributed by atoms with Crippen molar-refractivity contribution in [2.24, 2.45) is 0 Å². The highest BCUT2D eigenvalue weighted by Crippen LogP contribution is 2.63. The summed E-state index contributed by atoms with van der Waals surface area (Å²) in [5.41, 5.74) is -4.25. The molecule has 0 atom stereocenters. The van der Waals surface area contributed by atoms with Crippen molar-refractivity contribution >= 4 is 23.6 Å². The smallest absolute Gasteiger partial charge is 0.444 e. The standard InChI is InChI=1S/C26H25F17N2O5/c1-10-8-11(44-16(46)49-18(2,3)4)12(45-17(47)50-19(5,6)7)9-13(10)48-15(28)14(27)20(29,30)21(31,32)22(33,34)23(35,36)24(37,38)25(39,40)26(41,42)43/h8-9H,1-7H3,(H,44,46)(H,45,47). The third kappa shape index (κ3) is 8.52. The van der Waals surface area contributed by atoms with Gasteiger partial charge in [-0.25, -0.2) is 9.59 Å². The zero-order valence-electron chi connectivity index (χ0n) is 26.1. The van der Waals surface area contributed by atoms with Gasteiger partial charge in [0.15, 0.2) is 0 Å².